The highest BCUT2D eigenvalue weighted by Gasteiger charge is 2.09. The highest BCUT2D eigenvalue weighted by Crippen LogP contribution is 2.17. The molecule has 0 fully saturated rings. The molecular formula is C14H14FN3O4. The number of nitrogens with zero attached hydrogens (tertiary/aromatic N) is 2. The first-order valence-corrected chi connectivity index (χ1v) is 6.46. The molecule has 0 aliphatic carbocycles. The predicted molar refractivity (Wildman–Crippen MR) is 77.3 cm³/mol. The van der Waals surface area contributed by atoms with E-state index in [0.29, 0.717) is 5.75 Å². The number of benzene rings is 1. The molecule has 0 bridgehead atoms. The molecule has 116 valence electrons. The van der Waals surface area contributed by atoms with Gasteiger partial charge in [0.15, 0.2) is 11.6 Å². The van der Waals surface area contributed by atoms with E-state index in [4.69, 9.17) is 4.74 Å². The van der Waals surface area contributed by atoms with Crippen LogP contribution in [0.4, 0.5) is 15.9 Å². The van der Waals surface area contributed by atoms with E-state index in [9.17, 15) is 19.6 Å². The summed E-state index contributed by atoms with van der Waals surface area (Å²) in [5.74, 6) is -0.0588. The van der Waals surface area contributed by atoms with Crippen molar-refractivity contribution in [2.75, 3.05) is 18.5 Å². The molecule has 8 heteroatoms. The molecule has 0 saturated carbocycles. The lowest BCUT2D eigenvalue weighted by atomic mass is 10.3. The fourth-order valence-corrected chi connectivity index (χ4v) is 1.65. The third-order valence-electron chi connectivity index (χ3n) is 2.75. The number of nitro benzene ring substituents is 1. The van der Waals surface area contributed by atoms with Crippen LogP contribution in [-0.2, 0) is 0 Å². The van der Waals surface area contributed by atoms with Crippen molar-refractivity contribution in [2.45, 2.75) is 6.10 Å². The maximum atomic E-state index is 13.3. The van der Waals surface area contributed by atoms with Crippen molar-refractivity contribution in [3.8, 4) is 5.75 Å². The molecule has 2 N–H and O–H groups in total. The average molecular weight is 307 g/mol. The zero-order chi connectivity index (χ0) is 15.9. The molecule has 0 radical (unpaired) electrons. The minimum atomic E-state index is -0.892. The molecule has 0 amide bonds. The van der Waals surface area contributed by atoms with Crippen molar-refractivity contribution < 1.29 is 19.2 Å². The second kappa shape index (κ2) is 7.32. The summed E-state index contributed by atoms with van der Waals surface area (Å²) < 4.78 is 18.6. The van der Waals surface area contributed by atoms with Gasteiger partial charge in [-0.15, -0.1) is 0 Å². The number of ether oxygens (including phenoxy) is 1. The number of aliphatic hydroxyl groups excluding tert-OH is 1. The first-order chi connectivity index (χ1) is 10.6. The third kappa shape index (κ3) is 4.38. The predicted octanol–water partition coefficient (Wildman–Crippen LogP) is 1.98. The van der Waals surface area contributed by atoms with Gasteiger partial charge >= 0.3 is 0 Å². The maximum Gasteiger partial charge on any atom is 0.269 e. The first kappa shape index (κ1) is 15.6. The second-order valence-electron chi connectivity index (χ2n) is 4.43. The molecule has 7 nitrogen and oxygen atoms in total. The van der Waals surface area contributed by atoms with Crippen LogP contribution in [0.15, 0.2) is 42.6 Å². The highest BCUT2D eigenvalue weighted by atomic mass is 19.1. The summed E-state index contributed by atoms with van der Waals surface area (Å²) in [7, 11) is 0. The SMILES string of the molecule is O=[N+]([O-])c1ccc(OC[C@@H](O)CNc2ncccc2F)cc1. The number of nitrogens with one attached hydrogen (secondary N) is 1. The number of hydrogen-bond acceptors (Lipinski definition) is 6. The number of pyridine rings is 1. The van der Waals surface area contributed by atoms with Gasteiger partial charge in [-0.05, 0) is 24.3 Å². The standard InChI is InChI=1S/C14H14FN3O4/c15-13-2-1-7-16-14(13)17-8-11(19)9-22-12-5-3-10(4-6-12)18(20)21/h1-7,11,19H,8-9H2,(H,16,17)/t11-/m0/s1. The Kier molecular flexibility index (Phi) is 5.21. The minimum Gasteiger partial charge on any atom is -0.491 e. The van der Waals surface area contributed by atoms with Crippen LogP contribution >= 0.6 is 0 Å². The monoisotopic (exact) mass is 307 g/mol. The summed E-state index contributed by atoms with van der Waals surface area (Å²) in [6.07, 6.45) is 0.544. The van der Waals surface area contributed by atoms with E-state index in [1.54, 1.807) is 0 Å². The van der Waals surface area contributed by atoms with Crippen LogP contribution < -0.4 is 10.1 Å². The van der Waals surface area contributed by atoms with Gasteiger partial charge in [-0.2, -0.15) is 0 Å². The zero-order valence-corrected chi connectivity index (χ0v) is 11.5. The lowest BCUT2D eigenvalue weighted by Crippen LogP contribution is -2.26. The fourth-order valence-electron chi connectivity index (χ4n) is 1.65. The number of nitro groups is 1. The summed E-state index contributed by atoms with van der Waals surface area (Å²) in [6.45, 7) is 0.0141. The van der Waals surface area contributed by atoms with Gasteiger partial charge in [-0.3, -0.25) is 10.1 Å². The molecule has 0 unspecified atom stereocenters. The largest absolute Gasteiger partial charge is 0.491 e. The minimum absolute atomic E-state index is 0.0415. The molecule has 2 aromatic rings. The van der Waals surface area contributed by atoms with Crippen LogP contribution in [0.2, 0.25) is 0 Å². The summed E-state index contributed by atoms with van der Waals surface area (Å²) in [5, 5.41) is 22.9. The Balaban J connectivity index is 1.79. The van der Waals surface area contributed by atoms with Gasteiger partial charge in [-0.1, -0.05) is 0 Å². The zero-order valence-electron chi connectivity index (χ0n) is 11.5. The third-order valence-corrected chi connectivity index (χ3v) is 2.75. The summed E-state index contributed by atoms with van der Waals surface area (Å²) in [4.78, 5) is 13.8. The van der Waals surface area contributed by atoms with Crippen LogP contribution in [0.5, 0.6) is 5.75 Å². The molecule has 1 aromatic heterocycles. The van der Waals surface area contributed by atoms with E-state index < -0.39 is 16.8 Å². The highest BCUT2D eigenvalue weighted by molar-refractivity contribution is 5.36. The molecule has 0 aliphatic rings. The lowest BCUT2D eigenvalue weighted by molar-refractivity contribution is -0.384. The van der Waals surface area contributed by atoms with Crippen molar-refractivity contribution >= 4 is 11.5 Å². The van der Waals surface area contributed by atoms with Gasteiger partial charge in [0.05, 0.1) is 4.92 Å². The number of hydrogen-bond donors (Lipinski definition) is 2. The normalized spacial score (nSPS) is 11.7. The lowest BCUT2D eigenvalue weighted by Gasteiger charge is -2.13. The molecule has 0 aliphatic heterocycles. The molecule has 0 saturated heterocycles. The molecule has 1 atom stereocenters. The van der Waals surface area contributed by atoms with E-state index >= 15 is 0 Å². The van der Waals surface area contributed by atoms with E-state index in [2.05, 4.69) is 10.3 Å². The quantitative estimate of drug-likeness (QED) is 0.599. The summed E-state index contributed by atoms with van der Waals surface area (Å²) in [5.41, 5.74) is -0.0415. The Morgan fingerprint density at radius 2 is 2.09 bits per heavy atom. The fraction of sp³-hybridized carbons (Fsp3) is 0.214. The van der Waals surface area contributed by atoms with Crippen molar-refractivity contribution in [2.24, 2.45) is 0 Å². The van der Waals surface area contributed by atoms with E-state index in [-0.39, 0.29) is 24.7 Å². The van der Waals surface area contributed by atoms with Crippen molar-refractivity contribution in [1.29, 1.82) is 0 Å². The topological polar surface area (TPSA) is 97.5 Å². The molecular weight excluding hydrogens is 293 g/mol. The van der Waals surface area contributed by atoms with E-state index in [0.717, 1.165) is 0 Å². The molecule has 22 heavy (non-hydrogen) atoms. The first-order valence-electron chi connectivity index (χ1n) is 6.46. The Morgan fingerprint density at radius 1 is 1.36 bits per heavy atom. The van der Waals surface area contributed by atoms with Crippen LogP contribution in [0.1, 0.15) is 0 Å². The van der Waals surface area contributed by atoms with Crippen LogP contribution in [0.25, 0.3) is 0 Å². The van der Waals surface area contributed by atoms with Crippen molar-refractivity contribution in [3.63, 3.8) is 0 Å². The maximum absolute atomic E-state index is 13.3. The van der Waals surface area contributed by atoms with Gasteiger partial charge < -0.3 is 15.2 Å². The van der Waals surface area contributed by atoms with Crippen molar-refractivity contribution in [3.05, 3.63) is 58.5 Å². The van der Waals surface area contributed by atoms with Gasteiger partial charge in [0.2, 0.25) is 0 Å². The Morgan fingerprint density at radius 3 is 2.73 bits per heavy atom. The number of anilines is 1. The second-order valence-corrected chi connectivity index (χ2v) is 4.43. The number of rotatable bonds is 7. The molecule has 2 rings (SSSR count). The van der Waals surface area contributed by atoms with Gasteiger partial charge in [-0.25, -0.2) is 9.37 Å². The van der Waals surface area contributed by atoms with Crippen molar-refractivity contribution in [1.82, 2.24) is 4.98 Å². The average Bonchev–Trinajstić information content (AvgIpc) is 2.52. The van der Waals surface area contributed by atoms with Crippen LogP contribution in [-0.4, -0.2) is 34.3 Å². The Labute approximate surface area is 125 Å². The Bertz CT molecular complexity index is 636. The number of halogens is 1. The van der Waals surface area contributed by atoms with Crippen LogP contribution in [0, 0.1) is 15.9 Å². The van der Waals surface area contributed by atoms with Gasteiger partial charge in [0, 0.05) is 24.9 Å². The summed E-state index contributed by atoms with van der Waals surface area (Å²) in [6, 6.07) is 8.23. The number of non-ortho nitro benzene ring substituents is 1. The van der Waals surface area contributed by atoms with E-state index in [1.165, 1.54) is 42.6 Å². The molecule has 1 heterocycles. The van der Waals surface area contributed by atoms with Crippen LogP contribution in [0.3, 0.4) is 0 Å². The Hall–Kier alpha value is -2.74. The smallest absolute Gasteiger partial charge is 0.269 e. The van der Waals surface area contributed by atoms with Gasteiger partial charge in [0.25, 0.3) is 5.69 Å². The molecule has 1 aromatic carbocycles. The number of aromatic nitrogens is 1. The summed E-state index contributed by atoms with van der Waals surface area (Å²) >= 11 is 0. The molecule has 0 spiro atoms. The van der Waals surface area contributed by atoms with Gasteiger partial charge in [0.1, 0.15) is 18.5 Å². The number of aliphatic hydroxyl groups is 1. The van der Waals surface area contributed by atoms with E-state index in [1.807, 2.05) is 0 Å².